The van der Waals surface area contributed by atoms with Gasteiger partial charge in [-0.1, -0.05) is 43.6 Å². The molecule has 0 spiro atoms. The molecular formula is C28H27ClF2N2O2S. The lowest BCUT2D eigenvalue weighted by atomic mass is 9.81. The first-order chi connectivity index (χ1) is 17.1. The number of aromatic nitrogens is 2. The molecule has 3 aromatic carbocycles. The molecule has 0 amide bonds. The minimum Gasteiger partial charge on any atom is -0.496 e. The molecule has 0 saturated heterocycles. The van der Waals surface area contributed by atoms with Crippen LogP contribution in [-0.4, -0.2) is 21.8 Å². The van der Waals surface area contributed by atoms with Crippen LogP contribution >= 0.6 is 23.4 Å². The fourth-order valence-electron chi connectivity index (χ4n) is 4.16. The van der Waals surface area contributed by atoms with Crippen LogP contribution in [0, 0.1) is 11.6 Å². The van der Waals surface area contributed by atoms with Gasteiger partial charge in [0.2, 0.25) is 0 Å². The first-order valence-electron chi connectivity index (χ1n) is 11.4. The third kappa shape index (κ3) is 5.14. The summed E-state index contributed by atoms with van der Waals surface area (Å²) in [6.45, 7) is 5.81. The number of halogens is 3. The monoisotopic (exact) mass is 528 g/mol. The topological polar surface area (TPSA) is 47.3 Å². The number of ether oxygens (including phenoxy) is 1. The van der Waals surface area contributed by atoms with E-state index in [4.69, 9.17) is 16.3 Å². The van der Waals surface area contributed by atoms with Crippen LogP contribution in [0.4, 0.5) is 8.78 Å². The third-order valence-corrected chi connectivity index (χ3v) is 7.76. The van der Waals surface area contributed by atoms with Crippen molar-refractivity contribution in [3.63, 3.8) is 0 Å². The Morgan fingerprint density at radius 1 is 1.11 bits per heavy atom. The van der Waals surface area contributed by atoms with E-state index in [0.29, 0.717) is 32.8 Å². The van der Waals surface area contributed by atoms with Gasteiger partial charge in [-0.3, -0.25) is 4.57 Å². The van der Waals surface area contributed by atoms with E-state index < -0.39 is 17.3 Å². The highest BCUT2D eigenvalue weighted by Crippen LogP contribution is 2.39. The average Bonchev–Trinajstić information content (AvgIpc) is 3.28. The number of imidazole rings is 1. The molecule has 1 unspecified atom stereocenters. The summed E-state index contributed by atoms with van der Waals surface area (Å²) < 4.78 is 35.7. The van der Waals surface area contributed by atoms with Crippen LogP contribution in [0.3, 0.4) is 0 Å². The first-order valence-corrected chi connectivity index (χ1v) is 12.8. The standard InChI is InChI=1S/C28H27ClF2N2O2S/c1-17(34)21-13-8-18(14-24(21)35-4)28(2,3)25-15-32-26(33(25)20-11-9-19(30)10-12-20)16-36-27-22(29)6-5-7-23(27)31/h5-15,17,34H,16H2,1-4H3. The van der Waals surface area contributed by atoms with Crippen molar-refractivity contribution in [3.8, 4) is 11.4 Å². The Balaban J connectivity index is 1.80. The fraction of sp³-hybridized carbons (Fsp3) is 0.250. The SMILES string of the molecule is COc1cc(C(C)(C)c2cnc(CSc3c(F)cccc3Cl)n2-c2ccc(F)cc2)ccc1C(C)O. The van der Waals surface area contributed by atoms with Crippen LogP contribution in [-0.2, 0) is 11.2 Å². The Morgan fingerprint density at radius 3 is 2.47 bits per heavy atom. The predicted octanol–water partition coefficient (Wildman–Crippen LogP) is 7.48. The molecule has 1 aromatic heterocycles. The average molecular weight is 529 g/mol. The van der Waals surface area contributed by atoms with Crippen LogP contribution in [0.15, 0.2) is 71.8 Å². The molecule has 0 fully saturated rings. The second-order valence-electron chi connectivity index (χ2n) is 8.97. The van der Waals surface area contributed by atoms with Crippen molar-refractivity contribution in [2.24, 2.45) is 0 Å². The molecule has 4 nitrogen and oxygen atoms in total. The number of aliphatic hydroxyl groups excluding tert-OH is 1. The van der Waals surface area contributed by atoms with E-state index in [1.165, 1.54) is 30.0 Å². The number of aliphatic hydroxyl groups is 1. The molecule has 1 heterocycles. The van der Waals surface area contributed by atoms with E-state index in [1.54, 1.807) is 44.5 Å². The van der Waals surface area contributed by atoms with Gasteiger partial charge in [0, 0.05) is 22.9 Å². The minimum absolute atomic E-state index is 0.339. The van der Waals surface area contributed by atoms with Crippen LogP contribution in [0.2, 0.25) is 5.02 Å². The van der Waals surface area contributed by atoms with Crippen molar-refractivity contribution in [3.05, 3.63) is 106 Å². The highest BCUT2D eigenvalue weighted by molar-refractivity contribution is 7.98. The third-order valence-electron chi connectivity index (χ3n) is 6.23. The van der Waals surface area contributed by atoms with Gasteiger partial charge >= 0.3 is 0 Å². The van der Waals surface area contributed by atoms with Crippen molar-refractivity contribution in [1.29, 1.82) is 0 Å². The lowest BCUT2D eigenvalue weighted by Crippen LogP contribution is -2.23. The summed E-state index contributed by atoms with van der Waals surface area (Å²) in [7, 11) is 1.57. The zero-order valence-corrected chi connectivity index (χ0v) is 22.0. The van der Waals surface area contributed by atoms with Crippen molar-refractivity contribution in [2.45, 2.75) is 42.9 Å². The lowest BCUT2D eigenvalue weighted by molar-refractivity contribution is 0.194. The molecule has 8 heteroatoms. The van der Waals surface area contributed by atoms with E-state index in [9.17, 15) is 13.9 Å². The van der Waals surface area contributed by atoms with E-state index in [-0.39, 0.29) is 5.82 Å². The van der Waals surface area contributed by atoms with Gasteiger partial charge in [-0.2, -0.15) is 0 Å². The van der Waals surface area contributed by atoms with Crippen LogP contribution in [0.1, 0.15) is 49.5 Å². The molecule has 0 saturated carbocycles. The number of nitrogens with zero attached hydrogens (tertiary/aromatic N) is 2. The summed E-state index contributed by atoms with van der Waals surface area (Å²) in [5.41, 5.74) is 2.69. The highest BCUT2D eigenvalue weighted by atomic mass is 35.5. The van der Waals surface area contributed by atoms with Crippen LogP contribution in [0.5, 0.6) is 5.75 Å². The van der Waals surface area contributed by atoms with E-state index in [0.717, 1.165) is 16.9 Å². The molecule has 0 bridgehead atoms. The first kappa shape index (κ1) is 26.2. The summed E-state index contributed by atoms with van der Waals surface area (Å²) in [6.07, 6.45) is 1.12. The molecule has 4 rings (SSSR count). The van der Waals surface area contributed by atoms with E-state index in [1.807, 2.05) is 22.8 Å². The molecule has 1 atom stereocenters. The van der Waals surface area contributed by atoms with Gasteiger partial charge in [0.15, 0.2) is 0 Å². The summed E-state index contributed by atoms with van der Waals surface area (Å²) >= 11 is 7.49. The Kier molecular flexibility index (Phi) is 7.73. The second kappa shape index (κ2) is 10.6. The second-order valence-corrected chi connectivity index (χ2v) is 10.4. The van der Waals surface area contributed by atoms with E-state index in [2.05, 4.69) is 18.8 Å². The maximum absolute atomic E-state index is 14.4. The molecule has 0 aliphatic carbocycles. The Hall–Kier alpha value is -2.87. The van der Waals surface area contributed by atoms with Crippen molar-refractivity contribution < 1.29 is 18.6 Å². The number of thioether (sulfide) groups is 1. The normalized spacial score (nSPS) is 12.6. The number of benzene rings is 3. The van der Waals surface area contributed by atoms with Crippen LogP contribution in [0.25, 0.3) is 5.69 Å². The zero-order chi connectivity index (χ0) is 26.0. The van der Waals surface area contributed by atoms with Gasteiger partial charge in [0.25, 0.3) is 0 Å². The summed E-state index contributed by atoms with van der Waals surface area (Å²) in [5.74, 6) is 0.874. The molecule has 188 valence electrons. The van der Waals surface area contributed by atoms with Crippen LogP contribution < -0.4 is 4.74 Å². The molecule has 1 N–H and O–H groups in total. The molecule has 0 aliphatic heterocycles. The van der Waals surface area contributed by atoms with Gasteiger partial charge < -0.3 is 9.84 Å². The Morgan fingerprint density at radius 2 is 1.83 bits per heavy atom. The van der Waals surface area contributed by atoms with Gasteiger partial charge in [-0.15, -0.1) is 11.8 Å². The molecule has 4 aromatic rings. The lowest BCUT2D eigenvalue weighted by Gasteiger charge is -2.28. The maximum Gasteiger partial charge on any atom is 0.138 e. The highest BCUT2D eigenvalue weighted by Gasteiger charge is 2.30. The van der Waals surface area contributed by atoms with Crippen molar-refractivity contribution in [2.75, 3.05) is 7.11 Å². The van der Waals surface area contributed by atoms with Gasteiger partial charge in [0.05, 0.1) is 34.6 Å². The van der Waals surface area contributed by atoms with Crippen molar-refractivity contribution >= 4 is 23.4 Å². The Bertz CT molecular complexity index is 1350. The smallest absolute Gasteiger partial charge is 0.138 e. The van der Waals surface area contributed by atoms with Gasteiger partial charge in [-0.25, -0.2) is 13.8 Å². The summed E-state index contributed by atoms with van der Waals surface area (Å²) in [5, 5.41) is 10.4. The zero-order valence-electron chi connectivity index (χ0n) is 20.4. The summed E-state index contributed by atoms with van der Waals surface area (Å²) in [6, 6.07) is 16.5. The quantitative estimate of drug-likeness (QED) is 0.241. The Labute approximate surface area is 218 Å². The molecule has 0 radical (unpaired) electrons. The minimum atomic E-state index is -0.671. The summed E-state index contributed by atoms with van der Waals surface area (Å²) in [4.78, 5) is 5.03. The largest absolute Gasteiger partial charge is 0.496 e. The van der Waals surface area contributed by atoms with Crippen molar-refractivity contribution in [1.82, 2.24) is 9.55 Å². The fourth-order valence-corrected chi connectivity index (χ4v) is 5.38. The van der Waals surface area contributed by atoms with Gasteiger partial charge in [-0.05, 0) is 55.0 Å². The van der Waals surface area contributed by atoms with Gasteiger partial charge in [0.1, 0.15) is 23.2 Å². The number of hydrogen-bond acceptors (Lipinski definition) is 4. The number of rotatable bonds is 8. The molecule has 36 heavy (non-hydrogen) atoms. The molecular weight excluding hydrogens is 502 g/mol. The predicted molar refractivity (Wildman–Crippen MR) is 140 cm³/mol. The maximum atomic E-state index is 14.4. The van der Waals surface area contributed by atoms with E-state index >= 15 is 0 Å². The number of methoxy groups -OCH3 is 1. The number of hydrogen-bond donors (Lipinski definition) is 1. The molecule has 0 aliphatic rings.